The molecule has 0 atom stereocenters. The van der Waals surface area contributed by atoms with E-state index in [2.05, 4.69) is 40.5 Å². The van der Waals surface area contributed by atoms with Gasteiger partial charge < -0.3 is 5.32 Å². The van der Waals surface area contributed by atoms with E-state index >= 15 is 0 Å². The Hall–Kier alpha value is -0.860. The summed E-state index contributed by atoms with van der Waals surface area (Å²) in [4.78, 5) is 2.74. The molecule has 3 rings (SSSR count). The average molecular weight is 244 g/mol. The molecule has 1 aliphatic carbocycles. The molecular weight excluding hydrogens is 220 g/mol. The number of benzene rings is 1. The molecule has 0 bridgehead atoms. The highest BCUT2D eigenvalue weighted by Crippen LogP contribution is 2.26. The molecule has 2 nitrogen and oxygen atoms in total. The molecule has 2 heteroatoms. The summed E-state index contributed by atoms with van der Waals surface area (Å²) in [6.45, 7) is 4.87. The second kappa shape index (κ2) is 5.85. The third-order valence-electron chi connectivity index (χ3n) is 4.43. The number of rotatable bonds is 5. The van der Waals surface area contributed by atoms with Gasteiger partial charge in [-0.3, -0.25) is 4.90 Å². The zero-order valence-electron chi connectivity index (χ0n) is 11.1. The highest BCUT2D eigenvalue weighted by molar-refractivity contribution is 5.14. The molecule has 1 aromatic rings. The maximum absolute atomic E-state index is 3.39. The molecule has 1 aromatic carbocycles. The van der Waals surface area contributed by atoms with E-state index in [0.717, 1.165) is 18.5 Å². The Kier molecular flexibility index (Phi) is 3.96. The predicted octanol–water partition coefficient (Wildman–Crippen LogP) is 2.65. The lowest BCUT2D eigenvalue weighted by atomic mass is 10.0. The molecule has 18 heavy (non-hydrogen) atoms. The first-order chi connectivity index (χ1) is 8.92. The van der Waals surface area contributed by atoms with E-state index in [0.29, 0.717) is 0 Å². The van der Waals surface area contributed by atoms with Gasteiger partial charge in [0.1, 0.15) is 0 Å². The zero-order valence-corrected chi connectivity index (χ0v) is 11.1. The van der Waals surface area contributed by atoms with Crippen LogP contribution in [0.3, 0.4) is 0 Å². The Morgan fingerprint density at radius 1 is 1.06 bits per heavy atom. The fourth-order valence-corrected chi connectivity index (χ4v) is 3.24. The van der Waals surface area contributed by atoms with Crippen molar-refractivity contribution in [3.05, 3.63) is 35.9 Å². The van der Waals surface area contributed by atoms with Crippen molar-refractivity contribution in [2.24, 2.45) is 5.92 Å². The molecule has 98 valence electrons. The van der Waals surface area contributed by atoms with Gasteiger partial charge in [0.25, 0.3) is 0 Å². The van der Waals surface area contributed by atoms with Gasteiger partial charge >= 0.3 is 0 Å². The first-order valence-corrected chi connectivity index (χ1v) is 7.40. The van der Waals surface area contributed by atoms with Crippen LogP contribution in [-0.4, -0.2) is 30.6 Å². The van der Waals surface area contributed by atoms with Gasteiger partial charge in [-0.25, -0.2) is 0 Å². The first-order valence-electron chi connectivity index (χ1n) is 7.40. The SMILES string of the molecule is c1ccc(CN(CC2CNC2)C2CCCC2)cc1. The minimum Gasteiger partial charge on any atom is -0.316 e. The van der Waals surface area contributed by atoms with Crippen molar-refractivity contribution in [3.8, 4) is 0 Å². The van der Waals surface area contributed by atoms with Crippen molar-refractivity contribution >= 4 is 0 Å². The van der Waals surface area contributed by atoms with Crippen molar-refractivity contribution in [2.45, 2.75) is 38.3 Å². The molecule has 2 fully saturated rings. The lowest BCUT2D eigenvalue weighted by Crippen LogP contribution is -2.49. The minimum atomic E-state index is 0.839. The summed E-state index contributed by atoms with van der Waals surface area (Å²) >= 11 is 0. The number of hydrogen-bond acceptors (Lipinski definition) is 2. The minimum absolute atomic E-state index is 0.839. The summed E-state index contributed by atoms with van der Waals surface area (Å²) < 4.78 is 0. The molecule has 1 N–H and O–H groups in total. The Balaban J connectivity index is 1.63. The van der Waals surface area contributed by atoms with Gasteiger partial charge in [0.2, 0.25) is 0 Å². The first kappa shape index (κ1) is 12.2. The molecule has 0 amide bonds. The monoisotopic (exact) mass is 244 g/mol. The lowest BCUT2D eigenvalue weighted by molar-refractivity contribution is 0.137. The Morgan fingerprint density at radius 2 is 1.78 bits per heavy atom. The maximum atomic E-state index is 3.39. The largest absolute Gasteiger partial charge is 0.316 e. The summed E-state index contributed by atoms with van der Waals surface area (Å²) in [7, 11) is 0. The Bertz CT molecular complexity index is 353. The van der Waals surface area contributed by atoms with E-state index in [4.69, 9.17) is 0 Å². The normalized spacial score (nSPS) is 21.4. The number of nitrogens with zero attached hydrogens (tertiary/aromatic N) is 1. The molecule has 0 unspecified atom stereocenters. The lowest BCUT2D eigenvalue weighted by Gasteiger charge is -2.36. The van der Waals surface area contributed by atoms with Gasteiger partial charge in [-0.05, 0) is 24.3 Å². The van der Waals surface area contributed by atoms with Crippen LogP contribution in [0.15, 0.2) is 30.3 Å². The van der Waals surface area contributed by atoms with Crippen LogP contribution in [0, 0.1) is 5.92 Å². The van der Waals surface area contributed by atoms with Crippen LogP contribution < -0.4 is 5.32 Å². The zero-order chi connectivity index (χ0) is 12.2. The third-order valence-corrected chi connectivity index (χ3v) is 4.43. The van der Waals surface area contributed by atoms with Crippen LogP contribution in [0.25, 0.3) is 0 Å². The summed E-state index contributed by atoms with van der Waals surface area (Å²) in [6.07, 6.45) is 5.68. The second-order valence-corrected chi connectivity index (χ2v) is 5.88. The van der Waals surface area contributed by atoms with Crippen LogP contribution in [0.1, 0.15) is 31.2 Å². The highest BCUT2D eigenvalue weighted by atomic mass is 15.2. The summed E-state index contributed by atoms with van der Waals surface area (Å²) in [5, 5.41) is 3.39. The number of hydrogen-bond donors (Lipinski definition) is 1. The van der Waals surface area contributed by atoms with E-state index in [1.54, 1.807) is 0 Å². The van der Waals surface area contributed by atoms with Crippen molar-refractivity contribution in [3.63, 3.8) is 0 Å². The van der Waals surface area contributed by atoms with Gasteiger partial charge in [0, 0.05) is 32.2 Å². The third kappa shape index (κ3) is 2.93. The molecule has 1 saturated heterocycles. The van der Waals surface area contributed by atoms with Crippen LogP contribution >= 0.6 is 0 Å². The van der Waals surface area contributed by atoms with Crippen LogP contribution in [0.4, 0.5) is 0 Å². The van der Waals surface area contributed by atoms with Crippen LogP contribution in [0.5, 0.6) is 0 Å². The Morgan fingerprint density at radius 3 is 2.39 bits per heavy atom. The topological polar surface area (TPSA) is 15.3 Å². The predicted molar refractivity (Wildman–Crippen MR) is 75.5 cm³/mol. The van der Waals surface area contributed by atoms with E-state index in [-0.39, 0.29) is 0 Å². The summed E-state index contributed by atoms with van der Waals surface area (Å²) in [6, 6.07) is 11.8. The van der Waals surface area contributed by atoms with Crippen molar-refractivity contribution in [1.82, 2.24) is 10.2 Å². The molecule has 2 aliphatic rings. The molecule has 0 aromatic heterocycles. The average Bonchev–Trinajstić information content (AvgIpc) is 2.87. The van der Waals surface area contributed by atoms with Crippen LogP contribution in [-0.2, 0) is 6.54 Å². The fraction of sp³-hybridized carbons (Fsp3) is 0.625. The quantitative estimate of drug-likeness (QED) is 0.856. The van der Waals surface area contributed by atoms with Crippen molar-refractivity contribution < 1.29 is 0 Å². The smallest absolute Gasteiger partial charge is 0.0236 e. The van der Waals surface area contributed by atoms with Gasteiger partial charge in [-0.1, -0.05) is 43.2 Å². The maximum Gasteiger partial charge on any atom is 0.0236 e. The highest BCUT2D eigenvalue weighted by Gasteiger charge is 2.27. The van der Waals surface area contributed by atoms with Gasteiger partial charge in [-0.15, -0.1) is 0 Å². The molecule has 1 aliphatic heterocycles. The van der Waals surface area contributed by atoms with Crippen molar-refractivity contribution in [2.75, 3.05) is 19.6 Å². The summed E-state index contributed by atoms with van der Waals surface area (Å²) in [5.41, 5.74) is 1.47. The summed E-state index contributed by atoms with van der Waals surface area (Å²) in [5.74, 6) is 0.884. The molecular formula is C16H24N2. The van der Waals surface area contributed by atoms with E-state index in [1.807, 2.05) is 0 Å². The van der Waals surface area contributed by atoms with Gasteiger partial charge in [0.05, 0.1) is 0 Å². The molecule has 0 radical (unpaired) electrons. The Labute approximate surface area is 110 Å². The van der Waals surface area contributed by atoms with E-state index in [1.165, 1.54) is 50.9 Å². The van der Waals surface area contributed by atoms with Gasteiger partial charge in [0.15, 0.2) is 0 Å². The molecule has 0 spiro atoms. The van der Waals surface area contributed by atoms with Gasteiger partial charge in [-0.2, -0.15) is 0 Å². The number of nitrogens with one attached hydrogen (secondary N) is 1. The van der Waals surface area contributed by atoms with Crippen LogP contribution in [0.2, 0.25) is 0 Å². The molecule has 1 saturated carbocycles. The van der Waals surface area contributed by atoms with E-state index < -0.39 is 0 Å². The molecule has 1 heterocycles. The second-order valence-electron chi connectivity index (χ2n) is 5.88. The standard InChI is InChI=1S/C16H24N2/c1-2-6-14(7-3-1)12-18(13-15-10-17-11-15)16-8-4-5-9-16/h1-3,6-7,15-17H,4-5,8-13H2. The fourth-order valence-electron chi connectivity index (χ4n) is 3.24. The van der Waals surface area contributed by atoms with E-state index in [9.17, 15) is 0 Å². The van der Waals surface area contributed by atoms with Crippen molar-refractivity contribution in [1.29, 1.82) is 0 Å².